The van der Waals surface area contributed by atoms with Gasteiger partial charge in [-0.15, -0.1) is 0 Å². The highest BCUT2D eigenvalue weighted by molar-refractivity contribution is 5.92. The fourth-order valence-corrected chi connectivity index (χ4v) is 1.88. The Bertz CT molecular complexity index is 399. The molecule has 1 rings (SSSR count). The van der Waals surface area contributed by atoms with Crippen molar-refractivity contribution in [2.24, 2.45) is 0 Å². The molecule has 1 amide bonds. The summed E-state index contributed by atoms with van der Waals surface area (Å²) in [5.41, 5.74) is 3.30. The number of para-hydroxylation sites is 1. The smallest absolute Gasteiger partial charge is 0.225 e. The normalized spacial score (nSPS) is 10.7. The number of hydrogen-bond donors (Lipinski definition) is 2. The third-order valence-electron chi connectivity index (χ3n) is 2.91. The minimum Gasteiger partial charge on any atom is -0.326 e. The molecule has 1 aromatic carbocycles. The van der Waals surface area contributed by atoms with E-state index in [0.29, 0.717) is 12.5 Å². The number of aryl methyl sites for hydroxylation is 2. The molecule has 3 heteroatoms. The van der Waals surface area contributed by atoms with Crippen LogP contribution in [0.3, 0.4) is 0 Å². The van der Waals surface area contributed by atoms with E-state index >= 15 is 0 Å². The van der Waals surface area contributed by atoms with E-state index in [1.807, 2.05) is 19.1 Å². The van der Waals surface area contributed by atoms with Crippen LogP contribution >= 0.6 is 0 Å². The average molecular weight is 248 g/mol. The molecule has 0 aliphatic carbocycles. The maximum atomic E-state index is 11.9. The average Bonchev–Trinajstić information content (AvgIpc) is 2.31. The zero-order chi connectivity index (χ0) is 13.5. The summed E-state index contributed by atoms with van der Waals surface area (Å²) in [5.74, 6) is 0.0761. The maximum absolute atomic E-state index is 11.9. The summed E-state index contributed by atoms with van der Waals surface area (Å²) in [6.45, 7) is 9.01. The molecular formula is C15H24N2O. The Labute approximate surface area is 110 Å². The second-order valence-electron chi connectivity index (χ2n) is 4.87. The Morgan fingerprint density at radius 1 is 1.33 bits per heavy atom. The van der Waals surface area contributed by atoms with Crippen LogP contribution in [0, 0.1) is 6.92 Å². The lowest BCUT2D eigenvalue weighted by molar-refractivity contribution is -0.116. The molecule has 0 spiro atoms. The molecule has 100 valence electrons. The van der Waals surface area contributed by atoms with Crippen molar-refractivity contribution in [1.29, 1.82) is 0 Å². The fourth-order valence-electron chi connectivity index (χ4n) is 1.88. The molecule has 18 heavy (non-hydrogen) atoms. The lowest BCUT2D eigenvalue weighted by atomic mass is 10.1. The highest BCUT2D eigenvalue weighted by Crippen LogP contribution is 2.21. The molecule has 0 bridgehead atoms. The van der Waals surface area contributed by atoms with Crippen molar-refractivity contribution in [3.63, 3.8) is 0 Å². The number of carbonyl (C=O) groups is 1. The molecule has 0 aliphatic rings. The summed E-state index contributed by atoms with van der Waals surface area (Å²) >= 11 is 0. The van der Waals surface area contributed by atoms with E-state index in [0.717, 1.165) is 24.2 Å². The molecule has 3 nitrogen and oxygen atoms in total. The third-order valence-corrected chi connectivity index (χ3v) is 2.91. The van der Waals surface area contributed by atoms with Gasteiger partial charge in [0, 0.05) is 24.7 Å². The topological polar surface area (TPSA) is 41.1 Å². The minimum absolute atomic E-state index is 0.0761. The molecule has 0 heterocycles. The van der Waals surface area contributed by atoms with Crippen LogP contribution in [0.15, 0.2) is 18.2 Å². The Kier molecular flexibility index (Phi) is 5.86. The van der Waals surface area contributed by atoms with E-state index in [-0.39, 0.29) is 5.91 Å². The van der Waals surface area contributed by atoms with Crippen LogP contribution in [-0.2, 0) is 11.2 Å². The summed E-state index contributed by atoms with van der Waals surface area (Å²) in [5, 5.41) is 6.27. The van der Waals surface area contributed by atoms with Crippen LogP contribution in [0.1, 0.15) is 38.3 Å². The van der Waals surface area contributed by atoms with Crippen molar-refractivity contribution in [3.05, 3.63) is 29.3 Å². The number of carbonyl (C=O) groups excluding carboxylic acids is 1. The Morgan fingerprint density at radius 2 is 2.06 bits per heavy atom. The highest BCUT2D eigenvalue weighted by Gasteiger charge is 2.08. The van der Waals surface area contributed by atoms with Gasteiger partial charge in [0.25, 0.3) is 0 Å². The quantitative estimate of drug-likeness (QED) is 0.812. The van der Waals surface area contributed by atoms with E-state index < -0.39 is 0 Å². The van der Waals surface area contributed by atoms with Gasteiger partial charge in [-0.3, -0.25) is 4.79 Å². The van der Waals surface area contributed by atoms with E-state index in [9.17, 15) is 4.79 Å². The van der Waals surface area contributed by atoms with Crippen molar-refractivity contribution in [2.45, 2.75) is 46.6 Å². The molecular weight excluding hydrogens is 224 g/mol. The van der Waals surface area contributed by atoms with Gasteiger partial charge in [-0.05, 0) is 24.5 Å². The van der Waals surface area contributed by atoms with Gasteiger partial charge >= 0.3 is 0 Å². The number of nitrogens with one attached hydrogen (secondary N) is 2. The van der Waals surface area contributed by atoms with Crippen molar-refractivity contribution < 1.29 is 4.79 Å². The van der Waals surface area contributed by atoms with Gasteiger partial charge in [-0.1, -0.05) is 39.0 Å². The van der Waals surface area contributed by atoms with Crippen molar-refractivity contribution >= 4 is 11.6 Å². The van der Waals surface area contributed by atoms with Crippen LogP contribution in [0.2, 0.25) is 0 Å². The molecule has 0 radical (unpaired) electrons. The number of amides is 1. The van der Waals surface area contributed by atoms with Gasteiger partial charge in [0.2, 0.25) is 5.91 Å². The first-order chi connectivity index (χ1) is 8.54. The van der Waals surface area contributed by atoms with Gasteiger partial charge in [0.15, 0.2) is 0 Å². The lowest BCUT2D eigenvalue weighted by Crippen LogP contribution is -2.27. The zero-order valence-corrected chi connectivity index (χ0v) is 11.8. The molecule has 0 unspecified atom stereocenters. The largest absolute Gasteiger partial charge is 0.326 e. The second-order valence-corrected chi connectivity index (χ2v) is 4.87. The highest BCUT2D eigenvalue weighted by atomic mass is 16.1. The lowest BCUT2D eigenvalue weighted by Gasteiger charge is -2.13. The third kappa shape index (κ3) is 4.49. The first-order valence-electron chi connectivity index (χ1n) is 6.66. The molecule has 1 aromatic rings. The van der Waals surface area contributed by atoms with Crippen LogP contribution in [0.4, 0.5) is 5.69 Å². The second kappa shape index (κ2) is 7.17. The zero-order valence-electron chi connectivity index (χ0n) is 11.8. The van der Waals surface area contributed by atoms with E-state index in [2.05, 4.69) is 37.5 Å². The minimum atomic E-state index is 0.0761. The molecule has 0 aromatic heterocycles. The van der Waals surface area contributed by atoms with Crippen molar-refractivity contribution in [3.8, 4) is 0 Å². The predicted octanol–water partition coefficient (Wildman–Crippen LogP) is 2.88. The fraction of sp³-hybridized carbons (Fsp3) is 0.533. The van der Waals surface area contributed by atoms with Gasteiger partial charge in [0.1, 0.15) is 0 Å². The van der Waals surface area contributed by atoms with E-state index in [4.69, 9.17) is 0 Å². The summed E-state index contributed by atoms with van der Waals surface area (Å²) in [6, 6.07) is 6.54. The molecule has 0 saturated carbocycles. The Hall–Kier alpha value is -1.35. The van der Waals surface area contributed by atoms with Crippen LogP contribution in [0.25, 0.3) is 0 Å². The van der Waals surface area contributed by atoms with Crippen molar-refractivity contribution in [2.75, 3.05) is 11.9 Å². The van der Waals surface area contributed by atoms with Crippen molar-refractivity contribution in [1.82, 2.24) is 5.32 Å². The van der Waals surface area contributed by atoms with Gasteiger partial charge in [-0.2, -0.15) is 0 Å². The molecule has 0 fully saturated rings. The van der Waals surface area contributed by atoms with Gasteiger partial charge < -0.3 is 10.6 Å². The Morgan fingerprint density at radius 3 is 2.67 bits per heavy atom. The SMILES string of the molecule is CCc1cccc(C)c1NC(=O)CCNC(C)C. The number of hydrogen-bond acceptors (Lipinski definition) is 2. The summed E-state index contributed by atoms with van der Waals surface area (Å²) in [4.78, 5) is 11.9. The van der Waals surface area contributed by atoms with Crippen LogP contribution in [0.5, 0.6) is 0 Å². The van der Waals surface area contributed by atoms with Gasteiger partial charge in [-0.25, -0.2) is 0 Å². The monoisotopic (exact) mass is 248 g/mol. The Balaban J connectivity index is 2.59. The summed E-state index contributed by atoms with van der Waals surface area (Å²) in [7, 11) is 0. The van der Waals surface area contributed by atoms with Crippen LogP contribution in [-0.4, -0.2) is 18.5 Å². The van der Waals surface area contributed by atoms with Crippen LogP contribution < -0.4 is 10.6 Å². The van der Waals surface area contributed by atoms with E-state index in [1.165, 1.54) is 5.56 Å². The number of rotatable bonds is 6. The maximum Gasteiger partial charge on any atom is 0.225 e. The number of anilines is 1. The standard InChI is InChI=1S/C15H24N2O/c1-5-13-8-6-7-12(4)15(13)17-14(18)9-10-16-11(2)3/h6-8,11,16H,5,9-10H2,1-4H3,(H,17,18). The first-order valence-corrected chi connectivity index (χ1v) is 6.66. The predicted molar refractivity (Wildman–Crippen MR) is 76.9 cm³/mol. The first kappa shape index (κ1) is 14.7. The molecule has 0 aliphatic heterocycles. The van der Waals surface area contributed by atoms with E-state index in [1.54, 1.807) is 0 Å². The summed E-state index contributed by atoms with van der Waals surface area (Å²) < 4.78 is 0. The molecule has 0 atom stereocenters. The molecule has 2 N–H and O–H groups in total. The van der Waals surface area contributed by atoms with Gasteiger partial charge in [0.05, 0.1) is 0 Å². The molecule has 0 saturated heterocycles. The summed E-state index contributed by atoms with van der Waals surface area (Å²) in [6.07, 6.45) is 1.44. The number of benzene rings is 1.